The molecule has 0 atom stereocenters. The second kappa shape index (κ2) is 10.0. The Bertz CT molecular complexity index is 1390. The first kappa shape index (κ1) is 24.9. The van der Waals surface area contributed by atoms with E-state index < -0.39 is 0 Å². The number of ether oxygens (including phenoxy) is 1. The van der Waals surface area contributed by atoms with E-state index in [0.717, 1.165) is 59.6 Å². The van der Waals surface area contributed by atoms with Gasteiger partial charge in [-0.25, -0.2) is 9.97 Å². The van der Waals surface area contributed by atoms with Crippen molar-refractivity contribution in [2.24, 2.45) is 0 Å². The average Bonchev–Trinajstić information content (AvgIpc) is 3.32. The second-order valence-corrected chi connectivity index (χ2v) is 11.5. The Morgan fingerprint density at radius 3 is 2.26 bits per heavy atom. The summed E-state index contributed by atoms with van der Waals surface area (Å²) in [6.45, 7) is 8.18. The molecule has 2 aromatic carbocycles. The summed E-state index contributed by atoms with van der Waals surface area (Å²) in [5.74, 6) is 2.16. The van der Waals surface area contributed by atoms with E-state index in [1.54, 1.807) is 6.33 Å². The molecule has 0 spiro atoms. The number of para-hydroxylation sites is 1. The van der Waals surface area contributed by atoms with Crippen molar-refractivity contribution in [3.8, 4) is 22.6 Å². The highest BCUT2D eigenvalue weighted by molar-refractivity contribution is 6.00. The quantitative estimate of drug-likeness (QED) is 0.356. The highest BCUT2D eigenvalue weighted by Crippen LogP contribution is 2.40. The second-order valence-electron chi connectivity index (χ2n) is 11.5. The standard InChI is InChI=1S/C31H38N6O/c1-31(2)20-36(18-17-35(31)3)23-11-13-24(14-12-23)37-19-27(28-29(32)33-21-34-30(28)37)22-9-15-26(16-10-22)38-25-7-5-4-6-8-25/h4-10,15-16,19,21,23-24H,11-14,17-18,20H2,1-3H3,(H2,32,33,34). The highest BCUT2D eigenvalue weighted by Gasteiger charge is 2.36. The van der Waals surface area contributed by atoms with Gasteiger partial charge >= 0.3 is 0 Å². The molecule has 0 unspecified atom stereocenters. The molecule has 1 aliphatic heterocycles. The zero-order valence-electron chi connectivity index (χ0n) is 22.7. The van der Waals surface area contributed by atoms with E-state index in [9.17, 15) is 0 Å². The monoisotopic (exact) mass is 510 g/mol. The summed E-state index contributed by atoms with van der Waals surface area (Å²) >= 11 is 0. The third kappa shape index (κ3) is 4.76. The van der Waals surface area contributed by atoms with Gasteiger partial charge in [-0.2, -0.15) is 0 Å². The number of piperazine rings is 1. The van der Waals surface area contributed by atoms with Crippen molar-refractivity contribution in [2.45, 2.75) is 57.2 Å². The number of benzene rings is 2. The summed E-state index contributed by atoms with van der Waals surface area (Å²) in [5, 5.41) is 0.937. The number of hydrogen-bond donors (Lipinski definition) is 1. The number of nitrogens with zero attached hydrogens (tertiary/aromatic N) is 5. The van der Waals surface area contributed by atoms with Gasteiger partial charge in [0.25, 0.3) is 0 Å². The van der Waals surface area contributed by atoms with Crippen molar-refractivity contribution in [1.29, 1.82) is 0 Å². The van der Waals surface area contributed by atoms with Crippen LogP contribution in [0.15, 0.2) is 67.1 Å². The van der Waals surface area contributed by atoms with E-state index >= 15 is 0 Å². The Morgan fingerprint density at radius 1 is 0.868 bits per heavy atom. The molecule has 1 aliphatic carbocycles. The fourth-order valence-corrected chi connectivity index (χ4v) is 6.22. The largest absolute Gasteiger partial charge is 0.457 e. The van der Waals surface area contributed by atoms with Crippen molar-refractivity contribution in [1.82, 2.24) is 24.3 Å². The topological polar surface area (TPSA) is 72.4 Å². The van der Waals surface area contributed by atoms with Crippen LogP contribution in [0, 0.1) is 0 Å². The van der Waals surface area contributed by atoms with Gasteiger partial charge in [0.15, 0.2) is 0 Å². The molecular weight excluding hydrogens is 472 g/mol. The Hall–Kier alpha value is -3.42. The number of aromatic nitrogens is 3. The van der Waals surface area contributed by atoms with Gasteiger partial charge in [-0.3, -0.25) is 9.80 Å². The lowest BCUT2D eigenvalue weighted by molar-refractivity contribution is 0.00474. The molecule has 2 N–H and O–H groups in total. The first-order chi connectivity index (χ1) is 18.4. The van der Waals surface area contributed by atoms with E-state index in [4.69, 9.17) is 15.5 Å². The van der Waals surface area contributed by atoms with Gasteiger partial charge in [-0.1, -0.05) is 30.3 Å². The minimum Gasteiger partial charge on any atom is -0.457 e. The molecule has 198 valence electrons. The summed E-state index contributed by atoms with van der Waals surface area (Å²) in [6.07, 6.45) is 8.55. The number of rotatable bonds is 5. The minimum absolute atomic E-state index is 0.233. The molecule has 38 heavy (non-hydrogen) atoms. The van der Waals surface area contributed by atoms with E-state index in [2.05, 4.69) is 58.6 Å². The van der Waals surface area contributed by atoms with Crippen LogP contribution in [0.4, 0.5) is 5.82 Å². The Labute approximate surface area is 225 Å². The zero-order chi connectivity index (χ0) is 26.3. The molecule has 7 heteroatoms. The maximum atomic E-state index is 6.43. The van der Waals surface area contributed by atoms with Gasteiger partial charge in [0.1, 0.15) is 29.3 Å². The maximum absolute atomic E-state index is 6.43. The molecular formula is C31H38N6O. The van der Waals surface area contributed by atoms with Crippen molar-refractivity contribution in [2.75, 3.05) is 32.4 Å². The number of nitrogens with two attached hydrogens (primary N) is 1. The number of fused-ring (bicyclic) bond motifs is 1. The maximum Gasteiger partial charge on any atom is 0.146 e. The van der Waals surface area contributed by atoms with E-state index in [-0.39, 0.29) is 5.54 Å². The fourth-order valence-electron chi connectivity index (χ4n) is 6.22. The predicted molar refractivity (Wildman–Crippen MR) is 153 cm³/mol. The van der Waals surface area contributed by atoms with Crippen LogP contribution < -0.4 is 10.5 Å². The molecule has 3 heterocycles. The van der Waals surface area contributed by atoms with Crippen LogP contribution in [-0.4, -0.2) is 62.6 Å². The highest BCUT2D eigenvalue weighted by atomic mass is 16.5. The molecule has 1 saturated heterocycles. The third-order valence-electron chi connectivity index (χ3n) is 8.70. The SMILES string of the molecule is CN1CCN(C2CCC(n3cc(-c4ccc(Oc5ccccc5)cc4)c4c(N)ncnc43)CC2)CC1(C)C. The smallest absolute Gasteiger partial charge is 0.146 e. The average molecular weight is 511 g/mol. The van der Waals surface area contributed by atoms with Gasteiger partial charge < -0.3 is 15.0 Å². The molecule has 2 aliphatic rings. The van der Waals surface area contributed by atoms with Crippen LogP contribution in [0.25, 0.3) is 22.2 Å². The summed E-state index contributed by atoms with van der Waals surface area (Å²) in [7, 11) is 2.25. The molecule has 0 amide bonds. The van der Waals surface area contributed by atoms with Crippen LogP contribution in [0.5, 0.6) is 11.5 Å². The Balaban J connectivity index is 1.23. The summed E-state index contributed by atoms with van der Waals surface area (Å²) in [4.78, 5) is 14.3. The Kier molecular flexibility index (Phi) is 6.58. The molecule has 6 rings (SSSR count). The molecule has 4 aromatic rings. The van der Waals surface area contributed by atoms with E-state index in [1.807, 2.05) is 42.5 Å². The molecule has 2 aromatic heterocycles. The van der Waals surface area contributed by atoms with Crippen molar-refractivity contribution < 1.29 is 4.74 Å². The van der Waals surface area contributed by atoms with Crippen LogP contribution in [-0.2, 0) is 0 Å². The molecule has 0 radical (unpaired) electrons. The summed E-state index contributed by atoms with van der Waals surface area (Å²) < 4.78 is 8.36. The minimum atomic E-state index is 0.233. The van der Waals surface area contributed by atoms with Gasteiger partial charge in [-0.15, -0.1) is 0 Å². The molecule has 0 bridgehead atoms. The van der Waals surface area contributed by atoms with Gasteiger partial charge in [0.2, 0.25) is 0 Å². The van der Waals surface area contributed by atoms with Crippen LogP contribution in [0.1, 0.15) is 45.6 Å². The third-order valence-corrected chi connectivity index (χ3v) is 8.70. The first-order valence-corrected chi connectivity index (χ1v) is 13.8. The number of hydrogen-bond acceptors (Lipinski definition) is 6. The van der Waals surface area contributed by atoms with Crippen molar-refractivity contribution >= 4 is 16.9 Å². The zero-order valence-corrected chi connectivity index (χ0v) is 22.7. The molecule has 2 fully saturated rings. The number of nitrogen functional groups attached to an aromatic ring is 1. The van der Waals surface area contributed by atoms with Gasteiger partial charge in [0.05, 0.1) is 5.39 Å². The van der Waals surface area contributed by atoms with Crippen molar-refractivity contribution in [3.63, 3.8) is 0 Å². The summed E-state index contributed by atoms with van der Waals surface area (Å²) in [6, 6.07) is 19.1. The lowest BCUT2D eigenvalue weighted by atomic mass is 9.88. The van der Waals surface area contributed by atoms with Gasteiger partial charge in [-0.05, 0) is 76.4 Å². The molecule has 1 saturated carbocycles. The van der Waals surface area contributed by atoms with E-state index in [1.165, 1.54) is 19.4 Å². The lowest BCUT2D eigenvalue weighted by Crippen LogP contribution is -2.60. The summed E-state index contributed by atoms with van der Waals surface area (Å²) in [5.41, 5.74) is 9.75. The van der Waals surface area contributed by atoms with Gasteiger partial charge in [0, 0.05) is 49.0 Å². The fraction of sp³-hybridized carbons (Fsp3) is 0.419. The Morgan fingerprint density at radius 2 is 1.55 bits per heavy atom. The lowest BCUT2D eigenvalue weighted by Gasteiger charge is -2.49. The predicted octanol–water partition coefficient (Wildman–Crippen LogP) is 5.98. The first-order valence-electron chi connectivity index (χ1n) is 13.8. The van der Waals surface area contributed by atoms with E-state index in [0.29, 0.717) is 17.9 Å². The van der Waals surface area contributed by atoms with Crippen molar-refractivity contribution in [3.05, 3.63) is 67.1 Å². The van der Waals surface area contributed by atoms with Crippen LogP contribution in [0.2, 0.25) is 0 Å². The number of anilines is 1. The van der Waals surface area contributed by atoms with Crippen LogP contribution in [0.3, 0.4) is 0 Å². The molecule has 7 nitrogen and oxygen atoms in total. The van der Waals surface area contributed by atoms with Crippen LogP contribution >= 0.6 is 0 Å². The normalized spacial score (nSPS) is 22.5. The number of likely N-dealkylation sites (N-methyl/N-ethyl adjacent to an activating group) is 1.